The molecule has 1 fully saturated rings. The van der Waals surface area contributed by atoms with Gasteiger partial charge in [-0.15, -0.1) is 0 Å². The molecular weight excluding hydrogens is 360 g/mol. The molecule has 0 heterocycles. The predicted molar refractivity (Wildman–Crippen MR) is 101 cm³/mol. The van der Waals surface area contributed by atoms with Crippen LogP contribution in [0.5, 0.6) is 5.75 Å². The van der Waals surface area contributed by atoms with Gasteiger partial charge in [0.2, 0.25) is 11.6 Å². The number of allylic oxidation sites excluding steroid dienone is 2. The van der Waals surface area contributed by atoms with Gasteiger partial charge in [0.1, 0.15) is 5.75 Å². The lowest BCUT2D eigenvalue weighted by Crippen LogP contribution is -2.43. The number of rotatable bonds is 5. The summed E-state index contributed by atoms with van der Waals surface area (Å²) in [5.41, 5.74) is -0.713. The largest absolute Gasteiger partial charge is 0.437 e. The quantitative estimate of drug-likeness (QED) is 0.442. The molecular formula is C22H22O6. The molecule has 2 aliphatic rings. The van der Waals surface area contributed by atoms with Gasteiger partial charge >= 0.3 is 11.9 Å². The standard InChI is InChI=1S/C22H22O6/c1-4-7-15-10-11-19(27-13(2)23)18(12-15)22(28-14(3)24)20(25)16-8-5-6-9-17(16)21(22)26/h8-12H,4-7H2,1-3H3. The molecule has 28 heavy (non-hydrogen) atoms. The first-order valence-electron chi connectivity index (χ1n) is 9.33. The topological polar surface area (TPSA) is 86.7 Å². The van der Waals surface area contributed by atoms with Crippen molar-refractivity contribution in [3.8, 4) is 5.75 Å². The van der Waals surface area contributed by atoms with Crippen LogP contribution in [0.3, 0.4) is 0 Å². The number of benzene rings is 1. The molecule has 1 aromatic rings. The zero-order valence-electron chi connectivity index (χ0n) is 16.2. The van der Waals surface area contributed by atoms with Crippen molar-refractivity contribution < 1.29 is 28.7 Å². The van der Waals surface area contributed by atoms with Crippen LogP contribution in [0.1, 0.15) is 51.2 Å². The Morgan fingerprint density at radius 2 is 1.61 bits per heavy atom. The van der Waals surface area contributed by atoms with Gasteiger partial charge in [-0.1, -0.05) is 31.6 Å². The number of carbonyl (C=O) groups excluding carboxylic acids is 4. The summed E-state index contributed by atoms with van der Waals surface area (Å²) in [6, 6.07) is 4.93. The molecule has 6 nitrogen and oxygen atoms in total. The van der Waals surface area contributed by atoms with E-state index in [1.54, 1.807) is 24.3 Å². The number of fused-ring (bicyclic) bond motifs is 1. The van der Waals surface area contributed by atoms with Crippen molar-refractivity contribution in [2.45, 2.75) is 52.1 Å². The van der Waals surface area contributed by atoms with Crippen molar-refractivity contribution in [1.29, 1.82) is 0 Å². The van der Waals surface area contributed by atoms with Crippen LogP contribution in [0.25, 0.3) is 0 Å². The average Bonchev–Trinajstić information content (AvgIpc) is 2.85. The third-order valence-corrected chi connectivity index (χ3v) is 4.79. The molecule has 0 aliphatic heterocycles. The fraction of sp³-hybridized carbons (Fsp3) is 0.364. The van der Waals surface area contributed by atoms with Gasteiger partial charge in [0.15, 0.2) is 0 Å². The molecule has 0 bridgehead atoms. The third-order valence-electron chi connectivity index (χ3n) is 4.79. The van der Waals surface area contributed by atoms with E-state index in [2.05, 4.69) is 0 Å². The second kappa shape index (κ2) is 7.54. The molecule has 1 saturated carbocycles. The summed E-state index contributed by atoms with van der Waals surface area (Å²) >= 11 is 0. The van der Waals surface area contributed by atoms with Crippen molar-refractivity contribution in [1.82, 2.24) is 0 Å². The molecule has 0 radical (unpaired) electrons. The highest BCUT2D eigenvalue weighted by atomic mass is 16.6. The molecule has 0 spiro atoms. The minimum absolute atomic E-state index is 0.0372. The van der Waals surface area contributed by atoms with Gasteiger partial charge < -0.3 is 9.47 Å². The zero-order valence-corrected chi connectivity index (χ0v) is 16.2. The van der Waals surface area contributed by atoms with Crippen LogP contribution in [0, 0.1) is 0 Å². The normalized spacial score (nSPS) is 17.5. The van der Waals surface area contributed by atoms with Crippen LogP contribution >= 0.6 is 0 Å². The van der Waals surface area contributed by atoms with E-state index in [1.807, 2.05) is 6.92 Å². The van der Waals surface area contributed by atoms with Crippen molar-refractivity contribution in [3.63, 3.8) is 0 Å². The molecule has 0 unspecified atom stereocenters. The smallest absolute Gasteiger partial charge is 0.308 e. The second-order valence-electron chi connectivity index (χ2n) is 6.92. The van der Waals surface area contributed by atoms with Crippen molar-refractivity contribution in [2.75, 3.05) is 0 Å². The van der Waals surface area contributed by atoms with Crippen molar-refractivity contribution >= 4 is 23.5 Å². The van der Waals surface area contributed by atoms with E-state index >= 15 is 0 Å². The minimum atomic E-state index is -2.16. The average molecular weight is 382 g/mol. The maximum Gasteiger partial charge on any atom is 0.308 e. The highest BCUT2D eigenvalue weighted by molar-refractivity contribution is 6.35. The van der Waals surface area contributed by atoms with Crippen LogP contribution in [0.2, 0.25) is 0 Å². The van der Waals surface area contributed by atoms with E-state index in [9.17, 15) is 19.2 Å². The van der Waals surface area contributed by atoms with Gasteiger partial charge in [-0.05, 0) is 37.0 Å². The summed E-state index contributed by atoms with van der Waals surface area (Å²) in [5.74, 6) is -2.52. The molecule has 0 aromatic heterocycles. The van der Waals surface area contributed by atoms with Gasteiger partial charge in [-0.2, -0.15) is 0 Å². The zero-order chi connectivity index (χ0) is 20.5. The van der Waals surface area contributed by atoms with Crippen LogP contribution in [-0.4, -0.2) is 23.5 Å². The molecule has 2 aliphatic carbocycles. The Kier molecular flexibility index (Phi) is 5.31. The van der Waals surface area contributed by atoms with Crippen LogP contribution in [0.4, 0.5) is 0 Å². The Hall–Kier alpha value is -3.02. The second-order valence-corrected chi connectivity index (χ2v) is 6.92. The van der Waals surface area contributed by atoms with Gasteiger partial charge in [0.05, 0.1) is 5.56 Å². The Morgan fingerprint density at radius 3 is 2.11 bits per heavy atom. The van der Waals surface area contributed by atoms with E-state index in [-0.39, 0.29) is 22.5 Å². The van der Waals surface area contributed by atoms with Crippen LogP contribution in [-0.2, 0) is 35.9 Å². The first-order chi connectivity index (χ1) is 13.3. The number of esters is 2. The number of Topliss-reactive ketones (excluding diaryl/α,β-unsaturated/α-hetero) is 2. The maximum atomic E-state index is 13.4. The Labute approximate surface area is 163 Å². The lowest BCUT2D eigenvalue weighted by molar-refractivity contribution is -0.168. The highest BCUT2D eigenvalue weighted by Crippen LogP contribution is 2.47. The van der Waals surface area contributed by atoms with Gasteiger partial charge in [0, 0.05) is 25.0 Å². The Bertz CT molecular complexity index is 902. The van der Waals surface area contributed by atoms with Gasteiger partial charge in [-0.3, -0.25) is 19.2 Å². The molecule has 1 aromatic carbocycles. The highest BCUT2D eigenvalue weighted by Gasteiger charge is 2.60. The first-order valence-corrected chi connectivity index (χ1v) is 9.33. The number of ketones is 2. The van der Waals surface area contributed by atoms with Gasteiger partial charge in [0.25, 0.3) is 5.60 Å². The third kappa shape index (κ3) is 3.19. The molecule has 146 valence electrons. The predicted octanol–water partition coefficient (Wildman–Crippen LogP) is 3.12. The lowest BCUT2D eigenvalue weighted by atomic mass is 9.86. The van der Waals surface area contributed by atoms with E-state index in [0.717, 1.165) is 18.9 Å². The van der Waals surface area contributed by atoms with Crippen LogP contribution in [0.15, 0.2) is 41.5 Å². The molecule has 0 atom stereocenters. The number of aryl methyl sites for hydroxylation is 1. The fourth-order valence-electron chi connectivity index (χ4n) is 3.74. The van der Waals surface area contributed by atoms with Gasteiger partial charge in [-0.25, -0.2) is 0 Å². The number of hydrogen-bond acceptors (Lipinski definition) is 6. The van der Waals surface area contributed by atoms with E-state index in [4.69, 9.17) is 9.47 Å². The summed E-state index contributed by atoms with van der Waals surface area (Å²) in [5, 5.41) is 0. The number of ether oxygens (including phenoxy) is 2. The molecule has 0 amide bonds. The van der Waals surface area contributed by atoms with E-state index in [1.165, 1.54) is 13.0 Å². The monoisotopic (exact) mass is 382 g/mol. The number of carbonyl (C=O) groups is 4. The maximum absolute atomic E-state index is 13.4. The Morgan fingerprint density at radius 1 is 1.00 bits per heavy atom. The molecule has 0 saturated heterocycles. The molecule has 6 heteroatoms. The minimum Gasteiger partial charge on any atom is -0.437 e. The van der Waals surface area contributed by atoms with E-state index < -0.39 is 29.1 Å². The van der Waals surface area contributed by atoms with Crippen molar-refractivity contribution in [3.05, 3.63) is 52.6 Å². The van der Waals surface area contributed by atoms with Crippen molar-refractivity contribution in [2.24, 2.45) is 0 Å². The molecule has 3 rings (SSSR count). The summed E-state index contributed by atoms with van der Waals surface area (Å²) in [6.07, 6.45) is 6.17. The lowest BCUT2D eigenvalue weighted by Gasteiger charge is -2.27. The fourth-order valence-corrected chi connectivity index (χ4v) is 3.74. The summed E-state index contributed by atoms with van der Waals surface area (Å²) in [4.78, 5) is 50.3. The number of hydrogen-bond donors (Lipinski definition) is 0. The molecule has 0 N–H and O–H groups in total. The summed E-state index contributed by atoms with van der Waals surface area (Å²) in [6.45, 7) is 4.37. The van der Waals surface area contributed by atoms with E-state index in [0.29, 0.717) is 19.3 Å². The summed E-state index contributed by atoms with van der Waals surface area (Å²) < 4.78 is 10.7. The SMILES string of the molecule is CCCc1ccc(OC(C)=O)c(C2(OC(C)=O)C(=O)C3=CCCC=C3C2=O)c1. The first kappa shape index (κ1) is 19.7. The summed E-state index contributed by atoms with van der Waals surface area (Å²) in [7, 11) is 0. The van der Waals surface area contributed by atoms with Crippen LogP contribution < -0.4 is 4.74 Å². The Balaban J connectivity index is 2.29.